The first-order valence-electron chi connectivity index (χ1n) is 5.83. The van der Waals surface area contributed by atoms with Gasteiger partial charge in [0.25, 0.3) is 0 Å². The third-order valence-electron chi connectivity index (χ3n) is 2.42. The van der Waals surface area contributed by atoms with Crippen molar-refractivity contribution in [3.63, 3.8) is 0 Å². The van der Waals surface area contributed by atoms with Gasteiger partial charge in [-0.25, -0.2) is 4.98 Å². The molecule has 0 atom stereocenters. The smallest absolute Gasteiger partial charge is 0.383 e. The second kappa shape index (κ2) is 7.25. The summed E-state index contributed by atoms with van der Waals surface area (Å²) in [5.74, 6) is 0.666. The summed E-state index contributed by atoms with van der Waals surface area (Å²) in [6, 6.07) is 0. The van der Waals surface area contributed by atoms with E-state index in [-0.39, 0.29) is 6.42 Å². The fourth-order valence-corrected chi connectivity index (χ4v) is 1.50. The average molecular weight is 265 g/mol. The molecule has 0 fully saturated rings. The second-order valence-electron chi connectivity index (χ2n) is 3.94. The number of hydrogen-bond donors (Lipinski definition) is 1. The molecule has 4 nitrogen and oxygen atoms in total. The zero-order chi connectivity index (χ0) is 13.4. The van der Waals surface area contributed by atoms with Gasteiger partial charge in [0.15, 0.2) is 0 Å². The first-order valence-corrected chi connectivity index (χ1v) is 5.83. The van der Waals surface area contributed by atoms with Crippen molar-refractivity contribution < 1.29 is 17.9 Å². The SMILES string of the molecule is COCCn1ccnc1NCCCCC(F)(F)F. The summed E-state index contributed by atoms with van der Waals surface area (Å²) in [5.41, 5.74) is 0. The van der Waals surface area contributed by atoms with Crippen LogP contribution in [-0.2, 0) is 11.3 Å². The van der Waals surface area contributed by atoms with E-state index in [0.717, 1.165) is 0 Å². The number of rotatable bonds is 8. The van der Waals surface area contributed by atoms with Gasteiger partial charge in [-0.2, -0.15) is 13.2 Å². The van der Waals surface area contributed by atoms with Gasteiger partial charge in [0.05, 0.1) is 6.61 Å². The van der Waals surface area contributed by atoms with Crippen molar-refractivity contribution >= 4 is 5.95 Å². The second-order valence-corrected chi connectivity index (χ2v) is 3.94. The summed E-state index contributed by atoms with van der Waals surface area (Å²) in [5, 5.41) is 3.02. The molecule has 0 bridgehead atoms. The highest BCUT2D eigenvalue weighted by Crippen LogP contribution is 2.22. The molecule has 1 rings (SSSR count). The number of methoxy groups -OCH3 is 1. The highest BCUT2D eigenvalue weighted by atomic mass is 19.4. The predicted molar refractivity (Wildman–Crippen MR) is 62.5 cm³/mol. The lowest BCUT2D eigenvalue weighted by atomic mass is 10.2. The quantitative estimate of drug-likeness (QED) is 0.734. The number of alkyl halides is 3. The van der Waals surface area contributed by atoms with Crippen molar-refractivity contribution in [3.8, 4) is 0 Å². The van der Waals surface area contributed by atoms with Crippen LogP contribution < -0.4 is 5.32 Å². The van der Waals surface area contributed by atoms with Crippen molar-refractivity contribution in [2.24, 2.45) is 0 Å². The molecule has 1 heterocycles. The van der Waals surface area contributed by atoms with Gasteiger partial charge < -0.3 is 14.6 Å². The van der Waals surface area contributed by atoms with Crippen molar-refractivity contribution in [2.45, 2.75) is 32.0 Å². The first kappa shape index (κ1) is 14.8. The van der Waals surface area contributed by atoms with Gasteiger partial charge >= 0.3 is 6.18 Å². The van der Waals surface area contributed by atoms with Gasteiger partial charge in [-0.05, 0) is 12.8 Å². The number of anilines is 1. The molecule has 0 saturated carbocycles. The van der Waals surface area contributed by atoms with E-state index >= 15 is 0 Å². The van der Waals surface area contributed by atoms with Crippen molar-refractivity contribution in [1.82, 2.24) is 9.55 Å². The number of ether oxygens (including phenoxy) is 1. The van der Waals surface area contributed by atoms with Crippen LogP contribution in [0.4, 0.5) is 19.1 Å². The van der Waals surface area contributed by atoms with Crippen LogP contribution in [0.5, 0.6) is 0 Å². The number of unbranched alkanes of at least 4 members (excludes halogenated alkanes) is 1. The molecule has 0 radical (unpaired) electrons. The molecule has 1 N–H and O–H groups in total. The lowest BCUT2D eigenvalue weighted by Crippen LogP contribution is -2.12. The Hall–Kier alpha value is -1.24. The summed E-state index contributed by atoms with van der Waals surface area (Å²) in [6.07, 6.45) is -0.736. The Morgan fingerprint density at radius 1 is 1.39 bits per heavy atom. The predicted octanol–water partition coefficient (Wildman–Crippen LogP) is 2.67. The maximum absolute atomic E-state index is 11.9. The van der Waals surface area contributed by atoms with Crippen LogP contribution in [0.15, 0.2) is 12.4 Å². The molecule has 0 aliphatic rings. The summed E-state index contributed by atoms with van der Waals surface area (Å²) in [6.45, 7) is 1.72. The molecule has 1 aromatic heterocycles. The van der Waals surface area contributed by atoms with Gasteiger partial charge in [0.2, 0.25) is 5.95 Å². The standard InChI is InChI=1S/C11H18F3N3O/c1-18-9-8-17-7-6-16-10(17)15-5-3-2-4-11(12,13)14/h6-7H,2-5,8-9H2,1H3,(H,15,16). The number of aromatic nitrogens is 2. The third kappa shape index (κ3) is 5.90. The third-order valence-corrected chi connectivity index (χ3v) is 2.42. The van der Waals surface area contributed by atoms with E-state index in [2.05, 4.69) is 10.3 Å². The molecule has 104 valence electrons. The Morgan fingerprint density at radius 2 is 2.17 bits per heavy atom. The Bertz CT molecular complexity index is 339. The first-order chi connectivity index (χ1) is 8.53. The Balaban J connectivity index is 2.21. The number of nitrogens with zero attached hydrogens (tertiary/aromatic N) is 2. The number of halogens is 3. The van der Waals surface area contributed by atoms with Crippen LogP contribution in [-0.4, -0.2) is 36.0 Å². The van der Waals surface area contributed by atoms with Crippen LogP contribution in [0.3, 0.4) is 0 Å². The molecule has 7 heteroatoms. The molecule has 0 aliphatic carbocycles. The zero-order valence-electron chi connectivity index (χ0n) is 10.3. The van der Waals surface area contributed by atoms with Gasteiger partial charge in [0, 0.05) is 39.0 Å². The van der Waals surface area contributed by atoms with E-state index in [1.165, 1.54) is 0 Å². The zero-order valence-corrected chi connectivity index (χ0v) is 10.3. The molecule has 0 amide bonds. The molecule has 0 unspecified atom stereocenters. The van der Waals surface area contributed by atoms with Gasteiger partial charge in [-0.3, -0.25) is 0 Å². The average Bonchev–Trinajstić information content (AvgIpc) is 2.72. The number of nitrogens with one attached hydrogen (secondary N) is 1. The van der Waals surface area contributed by atoms with Crippen molar-refractivity contribution in [1.29, 1.82) is 0 Å². The fourth-order valence-electron chi connectivity index (χ4n) is 1.50. The topological polar surface area (TPSA) is 39.1 Å². The van der Waals surface area contributed by atoms with E-state index in [1.54, 1.807) is 19.5 Å². The lowest BCUT2D eigenvalue weighted by Gasteiger charge is -2.10. The van der Waals surface area contributed by atoms with E-state index in [9.17, 15) is 13.2 Å². The van der Waals surface area contributed by atoms with Crippen molar-refractivity contribution in [2.75, 3.05) is 25.6 Å². The molecule has 0 saturated heterocycles. The molecule has 0 spiro atoms. The summed E-state index contributed by atoms with van der Waals surface area (Å²) >= 11 is 0. The Morgan fingerprint density at radius 3 is 2.83 bits per heavy atom. The summed E-state index contributed by atoms with van der Waals surface area (Å²) in [7, 11) is 1.61. The van der Waals surface area contributed by atoms with E-state index < -0.39 is 12.6 Å². The normalized spacial score (nSPS) is 11.8. The van der Waals surface area contributed by atoms with E-state index in [0.29, 0.717) is 32.1 Å². The van der Waals surface area contributed by atoms with Crippen LogP contribution >= 0.6 is 0 Å². The van der Waals surface area contributed by atoms with Crippen LogP contribution in [0.2, 0.25) is 0 Å². The van der Waals surface area contributed by atoms with Gasteiger partial charge in [0.1, 0.15) is 0 Å². The van der Waals surface area contributed by atoms with E-state index in [1.807, 2.05) is 4.57 Å². The highest BCUT2D eigenvalue weighted by molar-refractivity contribution is 5.25. The largest absolute Gasteiger partial charge is 0.389 e. The fraction of sp³-hybridized carbons (Fsp3) is 0.727. The minimum Gasteiger partial charge on any atom is -0.383 e. The summed E-state index contributed by atoms with van der Waals surface area (Å²) in [4.78, 5) is 4.09. The molecular weight excluding hydrogens is 247 g/mol. The highest BCUT2D eigenvalue weighted by Gasteiger charge is 2.25. The van der Waals surface area contributed by atoms with Crippen molar-refractivity contribution in [3.05, 3.63) is 12.4 Å². The van der Waals surface area contributed by atoms with E-state index in [4.69, 9.17) is 4.74 Å². The van der Waals surface area contributed by atoms with Gasteiger partial charge in [-0.1, -0.05) is 0 Å². The molecule has 1 aromatic rings. The Labute approximate surface area is 104 Å². The molecule has 0 aromatic carbocycles. The number of imidazole rings is 1. The van der Waals surface area contributed by atoms with Crippen LogP contribution in [0.25, 0.3) is 0 Å². The molecular formula is C11H18F3N3O. The molecule has 0 aliphatic heterocycles. The minimum atomic E-state index is -4.06. The lowest BCUT2D eigenvalue weighted by molar-refractivity contribution is -0.135. The number of hydrogen-bond acceptors (Lipinski definition) is 3. The maximum atomic E-state index is 11.9. The molecule has 18 heavy (non-hydrogen) atoms. The maximum Gasteiger partial charge on any atom is 0.389 e. The summed E-state index contributed by atoms with van der Waals surface area (Å²) < 4.78 is 42.5. The Kier molecular flexibility index (Phi) is 5.97. The monoisotopic (exact) mass is 265 g/mol. The van der Waals surface area contributed by atoms with Crippen LogP contribution in [0, 0.1) is 0 Å². The minimum absolute atomic E-state index is 0.134. The van der Waals surface area contributed by atoms with Gasteiger partial charge in [-0.15, -0.1) is 0 Å². The van der Waals surface area contributed by atoms with Crippen LogP contribution in [0.1, 0.15) is 19.3 Å².